The number of nitrogens with two attached hydrogens (primary N) is 1. The van der Waals surface area contributed by atoms with Gasteiger partial charge in [-0.2, -0.15) is 5.11 Å². The highest BCUT2D eigenvalue weighted by molar-refractivity contribution is 7.89. The number of H-pyrrole nitrogens is 1. The van der Waals surface area contributed by atoms with E-state index < -0.39 is 10.0 Å². The summed E-state index contributed by atoms with van der Waals surface area (Å²) in [6.45, 7) is 1.70. The maximum absolute atomic E-state index is 12.5. The van der Waals surface area contributed by atoms with Gasteiger partial charge in [0, 0.05) is 5.02 Å². The minimum absolute atomic E-state index is 0.0284. The SMILES string of the molecule is Cc1[nH]n(-c2ccc(Cl)cc2)c(=O)c1N=Nc1ccc(S(N)(=O)=O)cc1. The van der Waals surface area contributed by atoms with Crippen LogP contribution in [0.4, 0.5) is 11.4 Å². The molecule has 0 unspecified atom stereocenters. The molecule has 2 aromatic carbocycles. The summed E-state index contributed by atoms with van der Waals surface area (Å²) in [7, 11) is -3.77. The molecule has 1 aromatic heterocycles. The first-order valence-electron chi connectivity index (χ1n) is 7.38. The second kappa shape index (κ2) is 6.87. The monoisotopic (exact) mass is 391 g/mol. The van der Waals surface area contributed by atoms with Crippen molar-refractivity contribution in [2.45, 2.75) is 11.8 Å². The van der Waals surface area contributed by atoms with Crippen molar-refractivity contribution in [3.63, 3.8) is 0 Å². The zero-order valence-electron chi connectivity index (χ0n) is 13.5. The Balaban J connectivity index is 1.92. The van der Waals surface area contributed by atoms with Crippen LogP contribution in [0.15, 0.2) is 68.4 Å². The molecule has 0 fully saturated rings. The molecule has 3 aromatic rings. The molecule has 0 radical (unpaired) electrons. The van der Waals surface area contributed by atoms with Crippen LogP contribution in [0.1, 0.15) is 5.69 Å². The van der Waals surface area contributed by atoms with Gasteiger partial charge in [0.2, 0.25) is 10.0 Å². The van der Waals surface area contributed by atoms with Crippen LogP contribution in [0.3, 0.4) is 0 Å². The van der Waals surface area contributed by atoms with Crippen molar-refractivity contribution >= 4 is 33.0 Å². The third kappa shape index (κ3) is 3.74. The van der Waals surface area contributed by atoms with Gasteiger partial charge >= 0.3 is 0 Å². The Kier molecular flexibility index (Phi) is 4.77. The van der Waals surface area contributed by atoms with Crippen LogP contribution in [0.2, 0.25) is 5.02 Å². The Labute approximate surface area is 154 Å². The van der Waals surface area contributed by atoms with Crippen LogP contribution < -0.4 is 10.7 Å². The highest BCUT2D eigenvalue weighted by Gasteiger charge is 2.12. The van der Waals surface area contributed by atoms with Gasteiger partial charge in [-0.1, -0.05) is 11.6 Å². The number of hydrogen-bond acceptors (Lipinski definition) is 5. The summed E-state index contributed by atoms with van der Waals surface area (Å²) in [5, 5.41) is 16.5. The molecule has 3 N–H and O–H groups in total. The Bertz CT molecular complexity index is 1130. The highest BCUT2D eigenvalue weighted by atomic mass is 35.5. The molecule has 0 aliphatic rings. The first-order chi connectivity index (χ1) is 12.3. The number of nitrogens with zero attached hydrogens (tertiary/aromatic N) is 3. The van der Waals surface area contributed by atoms with Crippen LogP contribution in [-0.2, 0) is 10.0 Å². The fraction of sp³-hybridized carbons (Fsp3) is 0.0625. The van der Waals surface area contributed by atoms with Crippen molar-refractivity contribution in [1.82, 2.24) is 9.78 Å². The molecule has 0 aliphatic carbocycles. The molecule has 0 bridgehead atoms. The van der Waals surface area contributed by atoms with E-state index in [2.05, 4.69) is 15.3 Å². The molecule has 8 nitrogen and oxygen atoms in total. The van der Waals surface area contributed by atoms with Crippen molar-refractivity contribution in [2.75, 3.05) is 0 Å². The number of aromatic nitrogens is 2. The third-order valence-electron chi connectivity index (χ3n) is 3.56. The Morgan fingerprint density at radius 2 is 1.65 bits per heavy atom. The van der Waals surface area contributed by atoms with Crippen LogP contribution in [-0.4, -0.2) is 18.2 Å². The summed E-state index contributed by atoms with van der Waals surface area (Å²) in [5.41, 5.74) is 1.32. The third-order valence-corrected chi connectivity index (χ3v) is 4.74. The average Bonchev–Trinajstić information content (AvgIpc) is 2.88. The number of halogens is 1. The molecule has 0 aliphatic heterocycles. The zero-order valence-corrected chi connectivity index (χ0v) is 15.1. The fourth-order valence-electron chi connectivity index (χ4n) is 2.24. The zero-order chi connectivity index (χ0) is 18.9. The second-order valence-electron chi connectivity index (χ2n) is 5.44. The van der Waals surface area contributed by atoms with Gasteiger partial charge in [-0.3, -0.25) is 9.89 Å². The maximum atomic E-state index is 12.5. The van der Waals surface area contributed by atoms with Crippen molar-refractivity contribution in [1.29, 1.82) is 0 Å². The average molecular weight is 392 g/mol. The maximum Gasteiger partial charge on any atom is 0.299 e. The molecule has 1 heterocycles. The van der Waals surface area contributed by atoms with E-state index >= 15 is 0 Å². The van der Waals surface area contributed by atoms with Crippen LogP contribution in [0.5, 0.6) is 0 Å². The first-order valence-corrected chi connectivity index (χ1v) is 9.30. The van der Waals surface area contributed by atoms with Crippen LogP contribution in [0.25, 0.3) is 5.69 Å². The molecule has 134 valence electrons. The number of rotatable bonds is 4. The quantitative estimate of drug-likeness (QED) is 0.663. The molecule has 0 saturated heterocycles. The fourth-order valence-corrected chi connectivity index (χ4v) is 2.88. The van der Waals surface area contributed by atoms with Gasteiger partial charge in [-0.15, -0.1) is 5.11 Å². The lowest BCUT2D eigenvalue weighted by Crippen LogP contribution is -2.13. The Morgan fingerprint density at radius 3 is 2.23 bits per heavy atom. The summed E-state index contributed by atoms with van der Waals surface area (Å²) >= 11 is 5.86. The van der Waals surface area contributed by atoms with E-state index in [1.807, 2.05) is 0 Å². The smallest absolute Gasteiger partial charge is 0.293 e. The summed E-state index contributed by atoms with van der Waals surface area (Å²) in [5.74, 6) is 0. The van der Waals surface area contributed by atoms with Crippen LogP contribution in [0, 0.1) is 6.92 Å². The second-order valence-corrected chi connectivity index (χ2v) is 7.44. The molecule has 0 atom stereocenters. The lowest BCUT2D eigenvalue weighted by molar-refractivity contribution is 0.598. The Hall–Kier alpha value is -2.75. The summed E-state index contributed by atoms with van der Waals surface area (Å²) in [6.07, 6.45) is 0. The molecular weight excluding hydrogens is 378 g/mol. The number of benzene rings is 2. The lowest BCUT2D eigenvalue weighted by atomic mass is 10.3. The number of aromatic amines is 1. The topological polar surface area (TPSA) is 123 Å². The first kappa shape index (κ1) is 18.1. The molecule has 3 rings (SSSR count). The van der Waals surface area contributed by atoms with E-state index in [0.717, 1.165) is 0 Å². The minimum Gasteiger partial charge on any atom is -0.293 e. The number of nitrogens with one attached hydrogen (secondary N) is 1. The van der Waals surface area contributed by atoms with E-state index in [4.69, 9.17) is 16.7 Å². The van der Waals surface area contributed by atoms with E-state index in [1.165, 1.54) is 28.9 Å². The van der Waals surface area contributed by atoms with Gasteiger partial charge in [0.25, 0.3) is 5.56 Å². The van der Waals surface area contributed by atoms with Crippen molar-refractivity contribution in [3.8, 4) is 5.69 Å². The lowest BCUT2D eigenvalue weighted by Gasteiger charge is -2.00. The summed E-state index contributed by atoms with van der Waals surface area (Å²) in [6, 6.07) is 12.3. The number of sulfonamides is 1. The molecule has 26 heavy (non-hydrogen) atoms. The largest absolute Gasteiger partial charge is 0.299 e. The Morgan fingerprint density at radius 1 is 1.04 bits per heavy atom. The van der Waals surface area contributed by atoms with Crippen molar-refractivity contribution < 1.29 is 8.42 Å². The molecular formula is C16H14ClN5O3S. The van der Waals surface area contributed by atoms with Gasteiger partial charge in [0.1, 0.15) is 0 Å². The predicted molar refractivity (Wildman–Crippen MR) is 98.1 cm³/mol. The van der Waals surface area contributed by atoms with Gasteiger partial charge in [0.05, 0.1) is 22.0 Å². The van der Waals surface area contributed by atoms with Crippen LogP contribution >= 0.6 is 11.6 Å². The number of aryl methyl sites for hydroxylation is 1. The van der Waals surface area contributed by atoms with E-state index in [-0.39, 0.29) is 16.1 Å². The predicted octanol–water partition coefficient (Wildman–Crippen LogP) is 3.19. The van der Waals surface area contributed by atoms with Gasteiger partial charge in [0.15, 0.2) is 5.69 Å². The van der Waals surface area contributed by atoms with Gasteiger partial charge in [-0.25, -0.2) is 18.2 Å². The van der Waals surface area contributed by atoms with E-state index in [1.54, 1.807) is 31.2 Å². The van der Waals surface area contributed by atoms with Crippen molar-refractivity contribution in [2.24, 2.45) is 15.4 Å². The van der Waals surface area contributed by atoms with Gasteiger partial charge in [-0.05, 0) is 55.5 Å². The normalized spacial score (nSPS) is 12.0. The molecule has 0 spiro atoms. The number of primary sulfonamides is 1. The standard InChI is InChI=1S/C16H14ClN5O3S/c1-10-15(16(23)22(21-10)13-6-2-11(17)3-7-13)20-19-12-4-8-14(9-5-12)26(18,24)25/h2-9,21H,1H3,(H2,18,24,25). The molecule has 0 amide bonds. The number of hydrogen-bond donors (Lipinski definition) is 2. The van der Waals surface area contributed by atoms with Crippen molar-refractivity contribution in [3.05, 3.63) is 69.6 Å². The minimum atomic E-state index is -3.77. The molecule has 10 heteroatoms. The summed E-state index contributed by atoms with van der Waals surface area (Å²) < 4.78 is 23.8. The molecule has 0 saturated carbocycles. The van der Waals surface area contributed by atoms with E-state index in [0.29, 0.717) is 22.1 Å². The van der Waals surface area contributed by atoms with E-state index in [9.17, 15) is 13.2 Å². The summed E-state index contributed by atoms with van der Waals surface area (Å²) in [4.78, 5) is 12.5. The van der Waals surface area contributed by atoms with Gasteiger partial charge < -0.3 is 0 Å². The highest BCUT2D eigenvalue weighted by Crippen LogP contribution is 2.20. The number of azo groups is 1.